The fraction of sp³-hybridized carbons (Fsp3) is 0.278. The van der Waals surface area contributed by atoms with Crippen LogP contribution in [0.15, 0.2) is 41.3 Å². The zero-order chi connectivity index (χ0) is 17.5. The maximum absolute atomic E-state index is 13.1. The number of hydrogen-bond donors (Lipinski definition) is 1. The van der Waals surface area contributed by atoms with Crippen LogP contribution in [-0.2, 0) is 16.4 Å². The number of fused-ring (bicyclic) bond motifs is 1. The van der Waals surface area contributed by atoms with Crippen LogP contribution in [0.2, 0.25) is 0 Å². The summed E-state index contributed by atoms with van der Waals surface area (Å²) < 4.78 is 27.6. The molecule has 6 heteroatoms. The van der Waals surface area contributed by atoms with E-state index < -0.39 is 15.9 Å². The van der Waals surface area contributed by atoms with Gasteiger partial charge in [-0.2, -0.15) is 0 Å². The van der Waals surface area contributed by atoms with Crippen LogP contribution in [0.4, 0.5) is 5.69 Å². The lowest BCUT2D eigenvalue weighted by Gasteiger charge is -2.31. The molecular formula is C18H20N2O3S. The summed E-state index contributed by atoms with van der Waals surface area (Å²) in [5, 5.41) is 0. The van der Waals surface area contributed by atoms with E-state index >= 15 is 0 Å². The quantitative estimate of drug-likeness (QED) is 0.929. The molecular weight excluding hydrogens is 324 g/mol. The zero-order valence-electron chi connectivity index (χ0n) is 13.7. The van der Waals surface area contributed by atoms with Gasteiger partial charge in [-0.05, 0) is 56.0 Å². The zero-order valence-corrected chi connectivity index (χ0v) is 14.6. The van der Waals surface area contributed by atoms with E-state index in [-0.39, 0.29) is 10.5 Å². The SMILES string of the molecule is Cc1ccc2c(c1)CCCN2S(=O)(=O)c1ccc(C)c(C(N)=O)c1. The van der Waals surface area contributed by atoms with Crippen LogP contribution in [0.5, 0.6) is 0 Å². The first-order chi connectivity index (χ1) is 11.3. The fourth-order valence-electron chi connectivity index (χ4n) is 3.10. The Kier molecular flexibility index (Phi) is 4.09. The molecule has 0 saturated heterocycles. The molecule has 1 aliphatic heterocycles. The molecule has 5 nitrogen and oxygen atoms in total. The third-order valence-electron chi connectivity index (χ3n) is 4.37. The van der Waals surface area contributed by atoms with Gasteiger partial charge >= 0.3 is 0 Å². The van der Waals surface area contributed by atoms with Gasteiger partial charge in [-0.15, -0.1) is 0 Å². The largest absolute Gasteiger partial charge is 0.366 e. The van der Waals surface area contributed by atoms with E-state index in [0.717, 1.165) is 24.0 Å². The number of nitrogens with zero attached hydrogens (tertiary/aromatic N) is 1. The Labute approximate surface area is 142 Å². The number of anilines is 1. The molecule has 0 bridgehead atoms. The van der Waals surface area contributed by atoms with E-state index in [1.807, 2.05) is 25.1 Å². The van der Waals surface area contributed by atoms with Gasteiger partial charge < -0.3 is 5.73 Å². The van der Waals surface area contributed by atoms with Gasteiger partial charge in [0.15, 0.2) is 0 Å². The summed E-state index contributed by atoms with van der Waals surface area (Å²) in [7, 11) is -3.74. The smallest absolute Gasteiger partial charge is 0.264 e. The Morgan fingerprint density at radius 3 is 2.58 bits per heavy atom. The second-order valence-electron chi connectivity index (χ2n) is 6.15. The molecule has 24 heavy (non-hydrogen) atoms. The molecule has 2 N–H and O–H groups in total. The normalized spacial score (nSPS) is 14.3. The second-order valence-corrected chi connectivity index (χ2v) is 8.02. The van der Waals surface area contributed by atoms with Crippen molar-refractivity contribution < 1.29 is 13.2 Å². The van der Waals surface area contributed by atoms with Gasteiger partial charge in [-0.25, -0.2) is 8.42 Å². The predicted octanol–water partition coefficient (Wildman–Crippen LogP) is 2.54. The summed E-state index contributed by atoms with van der Waals surface area (Å²) >= 11 is 0. The topological polar surface area (TPSA) is 80.5 Å². The first kappa shape index (κ1) is 16.5. The molecule has 0 fully saturated rings. The van der Waals surface area contributed by atoms with Crippen LogP contribution in [0.25, 0.3) is 0 Å². The molecule has 3 rings (SSSR count). The molecule has 0 atom stereocenters. The number of carbonyl (C=O) groups excluding carboxylic acids is 1. The number of benzene rings is 2. The minimum Gasteiger partial charge on any atom is -0.366 e. The standard InChI is InChI=1S/C18H20N2O3S/c1-12-5-8-17-14(10-12)4-3-9-20(17)24(22,23)15-7-6-13(2)16(11-15)18(19)21/h5-8,10-11H,3-4,9H2,1-2H3,(H2,19,21). The monoisotopic (exact) mass is 344 g/mol. The van der Waals surface area contributed by atoms with Crippen molar-refractivity contribution in [3.63, 3.8) is 0 Å². The Hall–Kier alpha value is -2.34. The van der Waals surface area contributed by atoms with Crippen LogP contribution in [0.1, 0.15) is 33.5 Å². The Morgan fingerprint density at radius 1 is 1.12 bits per heavy atom. The molecule has 0 radical (unpaired) electrons. The number of sulfonamides is 1. The van der Waals surface area contributed by atoms with Gasteiger partial charge in [0, 0.05) is 12.1 Å². The molecule has 1 amide bonds. The highest BCUT2D eigenvalue weighted by atomic mass is 32.2. The highest BCUT2D eigenvalue weighted by Gasteiger charge is 2.29. The van der Waals surface area contributed by atoms with Gasteiger partial charge in [-0.3, -0.25) is 9.10 Å². The predicted molar refractivity (Wildman–Crippen MR) is 93.7 cm³/mol. The van der Waals surface area contributed by atoms with Crippen molar-refractivity contribution >= 4 is 21.6 Å². The van der Waals surface area contributed by atoms with Gasteiger partial charge in [-0.1, -0.05) is 23.8 Å². The Balaban J connectivity index is 2.10. The fourth-order valence-corrected chi connectivity index (χ4v) is 4.66. The van der Waals surface area contributed by atoms with Gasteiger partial charge in [0.05, 0.1) is 10.6 Å². The summed E-state index contributed by atoms with van der Waals surface area (Å²) in [4.78, 5) is 11.6. The molecule has 2 aromatic rings. The Bertz CT molecular complexity index is 920. The minimum atomic E-state index is -3.74. The summed E-state index contributed by atoms with van der Waals surface area (Å²) in [5.41, 5.74) is 9.11. The Morgan fingerprint density at radius 2 is 1.88 bits per heavy atom. The van der Waals surface area contributed by atoms with Gasteiger partial charge in [0.1, 0.15) is 0 Å². The molecule has 1 aliphatic rings. The first-order valence-corrected chi connectivity index (χ1v) is 9.27. The third kappa shape index (κ3) is 2.78. The molecule has 126 valence electrons. The lowest BCUT2D eigenvalue weighted by atomic mass is 10.0. The van der Waals surface area contributed by atoms with Crippen molar-refractivity contribution in [3.05, 3.63) is 58.7 Å². The number of hydrogen-bond acceptors (Lipinski definition) is 3. The lowest BCUT2D eigenvalue weighted by molar-refractivity contribution is 0.0999. The van der Waals surface area contributed by atoms with Crippen LogP contribution in [0, 0.1) is 13.8 Å². The number of carbonyl (C=O) groups is 1. The van der Waals surface area contributed by atoms with Crippen molar-refractivity contribution in [2.75, 3.05) is 10.8 Å². The summed E-state index contributed by atoms with van der Waals surface area (Å²) in [6.07, 6.45) is 1.63. The third-order valence-corrected chi connectivity index (χ3v) is 6.18. The number of nitrogens with two attached hydrogens (primary N) is 1. The van der Waals surface area contributed by atoms with Gasteiger partial charge in [0.25, 0.3) is 10.0 Å². The maximum Gasteiger partial charge on any atom is 0.264 e. The van der Waals surface area contributed by atoms with E-state index in [1.165, 1.54) is 16.4 Å². The van der Waals surface area contributed by atoms with Crippen molar-refractivity contribution in [2.45, 2.75) is 31.6 Å². The van der Waals surface area contributed by atoms with Crippen LogP contribution in [-0.4, -0.2) is 20.9 Å². The van der Waals surface area contributed by atoms with E-state index in [4.69, 9.17) is 5.73 Å². The van der Waals surface area contributed by atoms with Crippen molar-refractivity contribution in [3.8, 4) is 0 Å². The highest BCUT2D eigenvalue weighted by molar-refractivity contribution is 7.92. The lowest BCUT2D eigenvalue weighted by Crippen LogP contribution is -2.35. The summed E-state index contributed by atoms with van der Waals surface area (Å²) in [6, 6.07) is 10.3. The number of amides is 1. The first-order valence-electron chi connectivity index (χ1n) is 7.83. The number of rotatable bonds is 3. The van der Waals surface area contributed by atoms with Gasteiger partial charge in [0.2, 0.25) is 5.91 Å². The van der Waals surface area contributed by atoms with Crippen molar-refractivity contribution in [2.24, 2.45) is 5.73 Å². The number of primary amides is 1. The highest BCUT2D eigenvalue weighted by Crippen LogP contribution is 2.33. The molecule has 2 aromatic carbocycles. The second kappa shape index (κ2) is 5.94. The maximum atomic E-state index is 13.1. The van der Waals surface area contributed by atoms with E-state index in [0.29, 0.717) is 17.8 Å². The van der Waals surface area contributed by atoms with Crippen LogP contribution in [0.3, 0.4) is 0 Å². The average Bonchev–Trinajstić information content (AvgIpc) is 2.53. The number of aryl methyl sites for hydroxylation is 3. The summed E-state index contributed by atoms with van der Waals surface area (Å²) in [5.74, 6) is -0.626. The van der Waals surface area contributed by atoms with Crippen molar-refractivity contribution in [1.29, 1.82) is 0 Å². The van der Waals surface area contributed by atoms with Crippen molar-refractivity contribution in [1.82, 2.24) is 0 Å². The molecule has 0 aliphatic carbocycles. The molecule has 0 spiro atoms. The molecule has 1 heterocycles. The van der Waals surface area contributed by atoms with Crippen LogP contribution >= 0.6 is 0 Å². The van der Waals surface area contributed by atoms with E-state index in [9.17, 15) is 13.2 Å². The summed E-state index contributed by atoms with van der Waals surface area (Å²) in [6.45, 7) is 4.15. The molecule has 0 saturated carbocycles. The molecule has 0 unspecified atom stereocenters. The van der Waals surface area contributed by atoms with E-state index in [2.05, 4.69) is 0 Å². The van der Waals surface area contributed by atoms with Crippen LogP contribution < -0.4 is 10.0 Å². The van der Waals surface area contributed by atoms with E-state index in [1.54, 1.807) is 13.0 Å². The average molecular weight is 344 g/mol. The molecule has 0 aromatic heterocycles. The minimum absolute atomic E-state index is 0.0929.